The number of anilines is 2. The molecular weight excluding hydrogens is 296 g/mol. The van der Waals surface area contributed by atoms with Crippen molar-refractivity contribution in [3.63, 3.8) is 0 Å². The van der Waals surface area contributed by atoms with Crippen LogP contribution in [0.25, 0.3) is 0 Å². The minimum absolute atomic E-state index is 0.0448. The molecule has 5 nitrogen and oxygen atoms in total. The first-order chi connectivity index (χ1) is 10.7. The van der Waals surface area contributed by atoms with Crippen molar-refractivity contribution < 1.29 is 4.79 Å². The molecule has 116 valence electrons. The van der Waals surface area contributed by atoms with Gasteiger partial charge in [0.15, 0.2) is 5.13 Å². The zero-order chi connectivity index (χ0) is 15.4. The Morgan fingerprint density at radius 2 is 1.95 bits per heavy atom. The third-order valence-corrected chi connectivity index (χ3v) is 4.50. The number of nitrogens with zero attached hydrogens (tertiary/aromatic N) is 3. The fourth-order valence-corrected chi connectivity index (χ4v) is 3.28. The molecule has 1 aliphatic rings. The van der Waals surface area contributed by atoms with Crippen molar-refractivity contribution in [1.82, 2.24) is 14.9 Å². The standard InChI is InChI=1S/C16H20N4OS/c1-12-7-6-8-14(17-12)19-16-18-13(11-22-16)15(21)20-9-4-2-3-5-10-20/h6-8,11H,2-5,9-10H2,1H3,(H,17,18,19). The second-order valence-electron chi connectivity index (χ2n) is 5.53. The largest absolute Gasteiger partial charge is 0.337 e. The Kier molecular flexibility index (Phi) is 4.68. The smallest absolute Gasteiger partial charge is 0.273 e. The van der Waals surface area contributed by atoms with Crippen molar-refractivity contribution >= 4 is 28.2 Å². The first kappa shape index (κ1) is 15.0. The first-order valence-electron chi connectivity index (χ1n) is 7.68. The van der Waals surface area contributed by atoms with E-state index in [0.717, 1.165) is 37.4 Å². The van der Waals surface area contributed by atoms with Gasteiger partial charge < -0.3 is 10.2 Å². The Morgan fingerprint density at radius 3 is 2.68 bits per heavy atom. The zero-order valence-corrected chi connectivity index (χ0v) is 13.5. The molecule has 0 saturated carbocycles. The Balaban J connectivity index is 1.68. The number of aromatic nitrogens is 2. The lowest BCUT2D eigenvalue weighted by Crippen LogP contribution is -2.32. The molecule has 1 aliphatic heterocycles. The molecule has 0 unspecified atom stereocenters. The predicted molar refractivity (Wildman–Crippen MR) is 88.7 cm³/mol. The number of nitrogens with one attached hydrogen (secondary N) is 1. The molecule has 6 heteroatoms. The Labute approximate surface area is 134 Å². The molecule has 1 saturated heterocycles. The summed E-state index contributed by atoms with van der Waals surface area (Å²) in [5.74, 6) is 0.798. The molecule has 0 aliphatic carbocycles. The second-order valence-corrected chi connectivity index (χ2v) is 6.39. The molecule has 1 amide bonds. The summed E-state index contributed by atoms with van der Waals surface area (Å²) in [5, 5.41) is 5.69. The lowest BCUT2D eigenvalue weighted by molar-refractivity contribution is 0.0756. The molecule has 0 atom stereocenters. The number of hydrogen-bond donors (Lipinski definition) is 1. The van der Waals surface area contributed by atoms with E-state index in [1.54, 1.807) is 0 Å². The van der Waals surface area contributed by atoms with Gasteiger partial charge in [0.05, 0.1) is 0 Å². The molecule has 0 bridgehead atoms. The van der Waals surface area contributed by atoms with Crippen LogP contribution in [0.2, 0.25) is 0 Å². The fraction of sp³-hybridized carbons (Fsp3) is 0.438. The molecule has 2 aromatic rings. The van der Waals surface area contributed by atoms with Crippen LogP contribution < -0.4 is 5.32 Å². The number of likely N-dealkylation sites (tertiary alicyclic amines) is 1. The highest BCUT2D eigenvalue weighted by Gasteiger charge is 2.19. The number of pyridine rings is 1. The van der Waals surface area contributed by atoms with E-state index in [0.29, 0.717) is 10.8 Å². The normalized spacial score (nSPS) is 15.4. The van der Waals surface area contributed by atoms with Gasteiger partial charge in [-0.1, -0.05) is 18.9 Å². The second kappa shape index (κ2) is 6.87. The highest BCUT2D eigenvalue weighted by molar-refractivity contribution is 7.14. The lowest BCUT2D eigenvalue weighted by atomic mass is 10.2. The Morgan fingerprint density at radius 1 is 1.18 bits per heavy atom. The average Bonchev–Trinajstić information content (AvgIpc) is 2.80. The average molecular weight is 316 g/mol. The molecule has 0 spiro atoms. The van der Waals surface area contributed by atoms with Crippen LogP contribution >= 0.6 is 11.3 Å². The summed E-state index contributed by atoms with van der Waals surface area (Å²) < 4.78 is 0. The van der Waals surface area contributed by atoms with Gasteiger partial charge in [-0.05, 0) is 31.9 Å². The summed E-state index contributed by atoms with van der Waals surface area (Å²) >= 11 is 1.44. The maximum absolute atomic E-state index is 12.5. The molecule has 0 radical (unpaired) electrons. The van der Waals surface area contributed by atoms with Crippen LogP contribution in [-0.2, 0) is 0 Å². The van der Waals surface area contributed by atoms with Gasteiger partial charge in [0, 0.05) is 24.2 Å². The van der Waals surface area contributed by atoms with Gasteiger partial charge in [0.1, 0.15) is 11.5 Å². The number of carbonyl (C=O) groups is 1. The van der Waals surface area contributed by atoms with Crippen molar-refractivity contribution in [1.29, 1.82) is 0 Å². The summed E-state index contributed by atoms with van der Waals surface area (Å²) in [7, 11) is 0. The van der Waals surface area contributed by atoms with Gasteiger partial charge in [-0.3, -0.25) is 4.79 Å². The van der Waals surface area contributed by atoms with Gasteiger partial charge in [-0.25, -0.2) is 9.97 Å². The Bertz CT molecular complexity index is 647. The molecule has 3 rings (SSSR count). The monoisotopic (exact) mass is 316 g/mol. The van der Waals surface area contributed by atoms with E-state index in [1.165, 1.54) is 24.2 Å². The summed E-state index contributed by atoms with van der Waals surface area (Å²) in [4.78, 5) is 23.2. The first-order valence-corrected chi connectivity index (χ1v) is 8.56. The van der Waals surface area contributed by atoms with Crippen LogP contribution in [-0.4, -0.2) is 33.9 Å². The maximum Gasteiger partial charge on any atom is 0.273 e. The van der Waals surface area contributed by atoms with Crippen molar-refractivity contribution in [2.45, 2.75) is 32.6 Å². The summed E-state index contributed by atoms with van der Waals surface area (Å²) in [6.07, 6.45) is 4.61. The van der Waals surface area contributed by atoms with Gasteiger partial charge >= 0.3 is 0 Å². The topological polar surface area (TPSA) is 58.1 Å². The maximum atomic E-state index is 12.5. The van der Waals surface area contributed by atoms with Crippen molar-refractivity contribution in [3.8, 4) is 0 Å². The lowest BCUT2D eigenvalue weighted by Gasteiger charge is -2.18. The third-order valence-electron chi connectivity index (χ3n) is 3.74. The molecule has 0 aromatic carbocycles. The SMILES string of the molecule is Cc1cccc(Nc2nc(C(=O)N3CCCCCC3)cs2)n1. The highest BCUT2D eigenvalue weighted by Crippen LogP contribution is 2.21. The van der Waals surface area contributed by atoms with E-state index in [1.807, 2.05) is 35.4 Å². The van der Waals surface area contributed by atoms with Crippen LogP contribution in [0.1, 0.15) is 41.9 Å². The molecule has 3 heterocycles. The van der Waals surface area contributed by atoms with E-state index in [2.05, 4.69) is 15.3 Å². The van der Waals surface area contributed by atoms with Gasteiger partial charge in [-0.2, -0.15) is 0 Å². The van der Waals surface area contributed by atoms with E-state index in [4.69, 9.17) is 0 Å². The van der Waals surface area contributed by atoms with Crippen LogP contribution in [0.3, 0.4) is 0 Å². The van der Waals surface area contributed by atoms with Gasteiger partial charge in [0.25, 0.3) is 5.91 Å². The molecular formula is C16H20N4OS. The van der Waals surface area contributed by atoms with Crippen LogP contribution in [0.5, 0.6) is 0 Å². The van der Waals surface area contributed by atoms with Gasteiger partial charge in [-0.15, -0.1) is 11.3 Å². The number of carbonyl (C=O) groups excluding carboxylic acids is 1. The number of amides is 1. The summed E-state index contributed by atoms with van der Waals surface area (Å²) in [6, 6.07) is 5.79. The number of aryl methyl sites for hydroxylation is 1. The summed E-state index contributed by atoms with van der Waals surface area (Å²) in [6.45, 7) is 3.64. The highest BCUT2D eigenvalue weighted by atomic mass is 32.1. The van der Waals surface area contributed by atoms with Crippen molar-refractivity contribution in [2.24, 2.45) is 0 Å². The molecule has 22 heavy (non-hydrogen) atoms. The third kappa shape index (κ3) is 3.62. The van der Waals surface area contributed by atoms with E-state index < -0.39 is 0 Å². The zero-order valence-electron chi connectivity index (χ0n) is 12.7. The van der Waals surface area contributed by atoms with E-state index in [9.17, 15) is 4.79 Å². The van der Waals surface area contributed by atoms with Crippen LogP contribution in [0, 0.1) is 6.92 Å². The quantitative estimate of drug-likeness (QED) is 0.940. The molecule has 1 N–H and O–H groups in total. The molecule has 1 fully saturated rings. The fourth-order valence-electron chi connectivity index (χ4n) is 2.59. The Hall–Kier alpha value is -1.95. The predicted octanol–water partition coefficient (Wildman–Crippen LogP) is 3.61. The summed E-state index contributed by atoms with van der Waals surface area (Å²) in [5.41, 5.74) is 1.48. The van der Waals surface area contributed by atoms with Gasteiger partial charge in [0.2, 0.25) is 0 Å². The van der Waals surface area contributed by atoms with Crippen molar-refractivity contribution in [2.75, 3.05) is 18.4 Å². The number of thiazole rings is 1. The van der Waals surface area contributed by atoms with E-state index in [-0.39, 0.29) is 5.91 Å². The minimum Gasteiger partial charge on any atom is -0.337 e. The number of hydrogen-bond acceptors (Lipinski definition) is 5. The van der Waals surface area contributed by atoms with E-state index >= 15 is 0 Å². The van der Waals surface area contributed by atoms with Crippen LogP contribution in [0.4, 0.5) is 10.9 Å². The number of rotatable bonds is 3. The van der Waals surface area contributed by atoms with Crippen LogP contribution in [0.15, 0.2) is 23.6 Å². The van der Waals surface area contributed by atoms with Crippen molar-refractivity contribution in [3.05, 3.63) is 35.0 Å². The minimum atomic E-state index is 0.0448. The molecule has 2 aromatic heterocycles.